The van der Waals surface area contributed by atoms with Crippen LogP contribution in [0.1, 0.15) is 0 Å². The fourth-order valence-electron chi connectivity index (χ4n) is 0.270. The second-order valence-electron chi connectivity index (χ2n) is 1.11. The number of rotatable bonds is 3. The van der Waals surface area contributed by atoms with Crippen LogP contribution in [0.5, 0.6) is 0 Å². The normalized spacial score (nSPS) is 10.8. The van der Waals surface area contributed by atoms with Gasteiger partial charge in [-0.2, -0.15) is 0 Å². The van der Waals surface area contributed by atoms with Crippen LogP contribution in [0.2, 0.25) is 0 Å². The molecule has 0 heterocycles. The summed E-state index contributed by atoms with van der Waals surface area (Å²) in [4.78, 5) is 0.868. The van der Waals surface area contributed by atoms with Crippen LogP contribution in [0, 0.1) is 5.41 Å². The van der Waals surface area contributed by atoms with Crippen LogP contribution in [0.25, 0.3) is 0 Å². The van der Waals surface area contributed by atoms with Gasteiger partial charge in [0.15, 0.2) is 0 Å². The fourth-order valence-corrected chi connectivity index (χ4v) is 0.602. The van der Waals surface area contributed by atoms with E-state index in [2.05, 4.69) is 0 Å². The fraction of sp³-hybridized carbons (Fsp3) is 0.200. The minimum absolute atomic E-state index is 0.868. The molecular formula is C5H7BNS. The van der Waals surface area contributed by atoms with E-state index >= 15 is 0 Å². The molecule has 0 aliphatic heterocycles. The van der Waals surface area contributed by atoms with Crippen molar-refractivity contribution in [3.05, 3.63) is 11.0 Å². The standard InChI is InChI=1S/C5H7BNS/c1-8-5(4-7)2-3-6/h2-4,7H,1H3/b5-2+,7-4?. The molecule has 0 bridgehead atoms. The summed E-state index contributed by atoms with van der Waals surface area (Å²) in [7, 11) is 5.06. The summed E-state index contributed by atoms with van der Waals surface area (Å²) in [5.41, 5.74) is 0. The number of thioether (sulfide) groups is 1. The molecule has 0 aliphatic carbocycles. The van der Waals surface area contributed by atoms with E-state index in [9.17, 15) is 0 Å². The summed E-state index contributed by atoms with van der Waals surface area (Å²) >= 11 is 1.50. The Morgan fingerprint density at radius 3 is 2.50 bits per heavy atom. The number of allylic oxidation sites excluding steroid dienone is 2. The molecule has 0 aromatic rings. The first kappa shape index (κ1) is 7.69. The van der Waals surface area contributed by atoms with Gasteiger partial charge in [0.05, 0.1) is 0 Å². The molecule has 0 saturated carbocycles. The summed E-state index contributed by atoms with van der Waals surface area (Å²) in [5, 5.41) is 6.77. The molecule has 0 aliphatic rings. The van der Waals surface area contributed by atoms with E-state index in [4.69, 9.17) is 12.9 Å². The molecule has 0 aromatic carbocycles. The predicted molar refractivity (Wildman–Crippen MR) is 42.2 cm³/mol. The van der Waals surface area contributed by atoms with E-state index in [0.29, 0.717) is 0 Å². The molecule has 3 heteroatoms. The van der Waals surface area contributed by atoms with E-state index < -0.39 is 0 Å². The summed E-state index contributed by atoms with van der Waals surface area (Å²) in [6.45, 7) is 0. The first-order valence-electron chi connectivity index (χ1n) is 2.15. The van der Waals surface area contributed by atoms with Gasteiger partial charge in [0.1, 0.15) is 0 Å². The van der Waals surface area contributed by atoms with Crippen molar-refractivity contribution in [3.8, 4) is 0 Å². The summed E-state index contributed by atoms with van der Waals surface area (Å²) in [5.74, 6) is 1.43. The van der Waals surface area contributed by atoms with Crippen LogP contribution in [0.4, 0.5) is 0 Å². The molecule has 8 heavy (non-hydrogen) atoms. The van der Waals surface area contributed by atoms with Crippen LogP contribution in [-0.2, 0) is 0 Å². The average Bonchev–Trinajstić information content (AvgIpc) is 1.83. The second kappa shape index (κ2) is 4.84. The maximum absolute atomic E-state index is 6.77. The van der Waals surface area contributed by atoms with Crippen molar-refractivity contribution in [2.75, 3.05) is 6.26 Å². The maximum atomic E-state index is 6.77. The van der Waals surface area contributed by atoms with Crippen molar-refractivity contribution in [1.29, 1.82) is 5.41 Å². The minimum atomic E-state index is 0.868. The monoisotopic (exact) mass is 124 g/mol. The van der Waals surface area contributed by atoms with Crippen LogP contribution in [0.15, 0.2) is 11.0 Å². The van der Waals surface area contributed by atoms with Gasteiger partial charge in [-0.05, 0) is 0 Å². The topological polar surface area (TPSA) is 23.9 Å². The van der Waals surface area contributed by atoms with Crippen molar-refractivity contribution in [2.45, 2.75) is 0 Å². The van der Waals surface area contributed by atoms with E-state index in [0.717, 1.165) is 4.91 Å². The van der Waals surface area contributed by atoms with E-state index in [1.165, 1.54) is 23.9 Å². The average molecular weight is 124 g/mol. The van der Waals surface area contributed by atoms with Crippen molar-refractivity contribution < 1.29 is 0 Å². The molecule has 0 rings (SSSR count). The van der Waals surface area contributed by atoms with Gasteiger partial charge in [0.2, 0.25) is 0 Å². The van der Waals surface area contributed by atoms with Gasteiger partial charge >= 0.3 is 54.1 Å². The summed E-state index contributed by atoms with van der Waals surface area (Å²) < 4.78 is 0. The van der Waals surface area contributed by atoms with Gasteiger partial charge in [0.25, 0.3) is 0 Å². The zero-order valence-corrected chi connectivity index (χ0v) is 5.53. The Kier molecular flexibility index (Phi) is 4.66. The Labute approximate surface area is 54.8 Å². The van der Waals surface area contributed by atoms with Crippen LogP contribution >= 0.6 is 11.8 Å². The van der Waals surface area contributed by atoms with Crippen molar-refractivity contribution >= 4 is 31.4 Å². The summed E-state index contributed by atoms with van der Waals surface area (Å²) in [6.07, 6.45) is 4.87. The Balaban J connectivity index is 3.84. The van der Waals surface area contributed by atoms with Crippen LogP contribution < -0.4 is 0 Å². The number of nitrogens with one attached hydrogen (secondary N) is 1. The third kappa shape index (κ3) is 2.80. The Morgan fingerprint density at radius 2 is 2.38 bits per heavy atom. The van der Waals surface area contributed by atoms with E-state index in [1.54, 1.807) is 6.08 Å². The first-order valence-corrected chi connectivity index (χ1v) is 3.37. The second-order valence-corrected chi connectivity index (χ2v) is 1.99. The molecule has 0 unspecified atom stereocenters. The molecule has 1 N–H and O–H groups in total. The van der Waals surface area contributed by atoms with Gasteiger partial charge in [-0.3, -0.25) is 0 Å². The predicted octanol–water partition coefficient (Wildman–Crippen LogP) is 0.854. The van der Waals surface area contributed by atoms with E-state index in [1.807, 2.05) is 6.26 Å². The number of hydrogen-bond donors (Lipinski definition) is 1. The Hall–Kier alpha value is -0.305. The number of hydrogen-bond acceptors (Lipinski definition) is 2. The molecule has 1 nitrogen and oxygen atoms in total. The molecule has 1 radical (unpaired) electrons. The quantitative estimate of drug-likeness (QED) is 0.437. The van der Waals surface area contributed by atoms with Gasteiger partial charge in [-0.15, -0.1) is 0 Å². The van der Waals surface area contributed by atoms with Crippen molar-refractivity contribution in [3.63, 3.8) is 0 Å². The molecule has 0 aromatic heterocycles. The Bertz CT molecular complexity index is 120. The van der Waals surface area contributed by atoms with Crippen LogP contribution in [0.3, 0.4) is 0 Å². The zero-order valence-electron chi connectivity index (χ0n) is 4.72. The van der Waals surface area contributed by atoms with Gasteiger partial charge in [0, 0.05) is 0 Å². The van der Waals surface area contributed by atoms with Gasteiger partial charge < -0.3 is 0 Å². The first-order chi connectivity index (χ1) is 3.85. The van der Waals surface area contributed by atoms with Crippen molar-refractivity contribution in [2.24, 2.45) is 0 Å². The SMILES string of the molecule is [B]=C/C=C(\C=N)SC. The molecule has 0 fully saturated rings. The molecule has 0 amide bonds. The van der Waals surface area contributed by atoms with Gasteiger partial charge in [-0.25, -0.2) is 0 Å². The van der Waals surface area contributed by atoms with Crippen LogP contribution in [-0.4, -0.2) is 25.9 Å². The molecule has 0 atom stereocenters. The molecule has 0 spiro atoms. The third-order valence-electron chi connectivity index (χ3n) is 0.638. The third-order valence-corrected chi connectivity index (χ3v) is 1.36. The molecule has 41 valence electrons. The zero-order chi connectivity index (χ0) is 6.41. The summed E-state index contributed by atoms with van der Waals surface area (Å²) in [6, 6.07) is 0. The van der Waals surface area contributed by atoms with Crippen molar-refractivity contribution in [1.82, 2.24) is 0 Å². The molecular weight excluding hydrogens is 117 g/mol. The Morgan fingerprint density at radius 1 is 1.75 bits per heavy atom. The van der Waals surface area contributed by atoms with Gasteiger partial charge in [-0.1, -0.05) is 0 Å². The molecule has 0 saturated heterocycles. The van der Waals surface area contributed by atoms with E-state index in [-0.39, 0.29) is 0 Å².